The number of hydrogen-bond donors (Lipinski definition) is 1. The Morgan fingerprint density at radius 1 is 1.31 bits per heavy atom. The van der Waals surface area contributed by atoms with Gasteiger partial charge in [0.1, 0.15) is 16.5 Å². The number of benzene rings is 1. The third-order valence-corrected chi connectivity index (χ3v) is 6.69. The molecular formula is C19H25N5O4S. The maximum atomic E-state index is 12.8. The molecule has 1 aliphatic rings. The monoisotopic (exact) mass is 419 g/mol. The predicted molar refractivity (Wildman–Crippen MR) is 109 cm³/mol. The van der Waals surface area contributed by atoms with Crippen LogP contribution in [0.3, 0.4) is 0 Å². The Labute approximate surface area is 170 Å². The Morgan fingerprint density at radius 2 is 2.10 bits per heavy atom. The summed E-state index contributed by atoms with van der Waals surface area (Å²) in [5.41, 5.74) is 0.410. The standard InChI is InChI=1S/C19H25N5O4S/c1-23(2)29(26,27)17-11-15(6-7-16(17)28-3)22-19(25)14-5-4-10-24(13-14)18-12-20-8-9-21-18/h6-9,11-12,14H,4-5,10,13H2,1-3H3,(H,22,25). The van der Waals surface area contributed by atoms with Gasteiger partial charge in [0.15, 0.2) is 0 Å². The van der Waals surface area contributed by atoms with Gasteiger partial charge < -0.3 is 15.0 Å². The molecule has 3 rings (SSSR count). The number of sulfonamides is 1. The minimum Gasteiger partial charge on any atom is -0.495 e. The van der Waals surface area contributed by atoms with Gasteiger partial charge in [-0.25, -0.2) is 17.7 Å². The quantitative estimate of drug-likeness (QED) is 0.758. The summed E-state index contributed by atoms with van der Waals surface area (Å²) in [6.07, 6.45) is 6.53. The number of piperidine rings is 1. The number of rotatable bonds is 6. The molecule has 1 unspecified atom stereocenters. The van der Waals surface area contributed by atoms with E-state index in [1.54, 1.807) is 30.7 Å². The molecule has 29 heavy (non-hydrogen) atoms. The highest BCUT2D eigenvalue weighted by atomic mass is 32.2. The molecule has 1 N–H and O–H groups in total. The van der Waals surface area contributed by atoms with E-state index in [0.717, 1.165) is 29.5 Å². The molecule has 156 valence electrons. The summed E-state index contributed by atoms with van der Waals surface area (Å²) >= 11 is 0. The number of carbonyl (C=O) groups is 1. The number of hydrogen-bond acceptors (Lipinski definition) is 7. The second-order valence-electron chi connectivity index (χ2n) is 6.99. The normalized spacial score (nSPS) is 17.2. The van der Waals surface area contributed by atoms with Crippen LogP contribution in [0.5, 0.6) is 5.75 Å². The molecule has 9 nitrogen and oxygen atoms in total. The van der Waals surface area contributed by atoms with Gasteiger partial charge >= 0.3 is 0 Å². The maximum absolute atomic E-state index is 12.8. The first kappa shape index (κ1) is 21.0. The first-order valence-electron chi connectivity index (χ1n) is 9.25. The molecule has 0 aliphatic carbocycles. The highest BCUT2D eigenvalue weighted by Crippen LogP contribution is 2.29. The van der Waals surface area contributed by atoms with E-state index >= 15 is 0 Å². The number of nitrogens with zero attached hydrogens (tertiary/aromatic N) is 4. The molecule has 1 amide bonds. The van der Waals surface area contributed by atoms with Gasteiger partial charge in [-0.1, -0.05) is 0 Å². The topological polar surface area (TPSA) is 105 Å². The molecule has 1 aromatic heterocycles. The van der Waals surface area contributed by atoms with Gasteiger partial charge in [-0.15, -0.1) is 0 Å². The largest absolute Gasteiger partial charge is 0.495 e. The molecule has 0 bridgehead atoms. The van der Waals surface area contributed by atoms with Crippen LogP contribution in [0.2, 0.25) is 0 Å². The highest BCUT2D eigenvalue weighted by Gasteiger charge is 2.28. The Kier molecular flexibility index (Phi) is 6.33. The summed E-state index contributed by atoms with van der Waals surface area (Å²) in [6.45, 7) is 1.35. The van der Waals surface area contributed by atoms with Crippen LogP contribution in [0.1, 0.15) is 12.8 Å². The Balaban J connectivity index is 1.77. The third-order valence-electron chi connectivity index (χ3n) is 4.86. The Morgan fingerprint density at radius 3 is 2.76 bits per heavy atom. The molecule has 2 aromatic rings. The van der Waals surface area contributed by atoms with Crippen molar-refractivity contribution >= 4 is 27.4 Å². The van der Waals surface area contributed by atoms with Crippen molar-refractivity contribution in [3.63, 3.8) is 0 Å². The lowest BCUT2D eigenvalue weighted by atomic mass is 9.97. The van der Waals surface area contributed by atoms with Gasteiger partial charge in [0.05, 0.1) is 19.2 Å². The van der Waals surface area contributed by atoms with E-state index < -0.39 is 10.0 Å². The first-order valence-corrected chi connectivity index (χ1v) is 10.7. The molecule has 1 saturated heterocycles. The Hall–Kier alpha value is -2.72. The van der Waals surface area contributed by atoms with Crippen molar-refractivity contribution in [2.75, 3.05) is 44.5 Å². The third kappa shape index (κ3) is 4.65. The minimum atomic E-state index is -3.71. The molecule has 1 aliphatic heterocycles. The number of ether oxygens (including phenoxy) is 1. The van der Waals surface area contributed by atoms with E-state index in [4.69, 9.17) is 4.74 Å². The van der Waals surface area contributed by atoms with Gasteiger partial charge in [-0.2, -0.15) is 0 Å². The highest BCUT2D eigenvalue weighted by molar-refractivity contribution is 7.89. The summed E-state index contributed by atoms with van der Waals surface area (Å²) in [4.78, 5) is 23.3. The molecule has 0 radical (unpaired) electrons. The van der Waals surface area contributed by atoms with Gasteiger partial charge in [0.2, 0.25) is 15.9 Å². The predicted octanol–water partition coefficient (Wildman–Crippen LogP) is 1.59. The summed E-state index contributed by atoms with van der Waals surface area (Å²) in [5.74, 6) is 0.579. The molecule has 2 heterocycles. The van der Waals surface area contributed by atoms with Crippen LogP contribution in [0.25, 0.3) is 0 Å². The number of anilines is 2. The first-order chi connectivity index (χ1) is 13.8. The van der Waals surface area contributed by atoms with Crippen LogP contribution in [0.4, 0.5) is 11.5 Å². The van der Waals surface area contributed by atoms with E-state index in [9.17, 15) is 13.2 Å². The fourth-order valence-electron chi connectivity index (χ4n) is 3.25. The van der Waals surface area contributed by atoms with Gasteiger partial charge in [-0.3, -0.25) is 9.78 Å². The lowest BCUT2D eigenvalue weighted by molar-refractivity contribution is -0.120. The van der Waals surface area contributed by atoms with Crippen molar-refractivity contribution in [3.8, 4) is 5.75 Å². The van der Waals surface area contributed by atoms with Crippen LogP contribution in [0, 0.1) is 5.92 Å². The van der Waals surface area contributed by atoms with Crippen molar-refractivity contribution < 1.29 is 17.9 Å². The van der Waals surface area contributed by atoms with E-state index in [0.29, 0.717) is 12.2 Å². The second-order valence-corrected chi connectivity index (χ2v) is 9.11. The maximum Gasteiger partial charge on any atom is 0.246 e. The molecular weight excluding hydrogens is 394 g/mol. The van der Waals surface area contributed by atoms with Gasteiger partial charge in [0, 0.05) is 45.3 Å². The van der Waals surface area contributed by atoms with Gasteiger partial charge in [-0.05, 0) is 31.0 Å². The minimum absolute atomic E-state index is 0.00707. The molecule has 1 fully saturated rings. The zero-order valence-corrected chi connectivity index (χ0v) is 17.5. The van der Waals surface area contributed by atoms with Crippen molar-refractivity contribution in [2.24, 2.45) is 5.92 Å². The van der Waals surface area contributed by atoms with Crippen LogP contribution < -0.4 is 15.0 Å². The summed E-state index contributed by atoms with van der Waals surface area (Å²) < 4.78 is 31.4. The Bertz CT molecular complexity index is 966. The smallest absolute Gasteiger partial charge is 0.246 e. The molecule has 10 heteroatoms. The van der Waals surface area contributed by atoms with E-state index in [2.05, 4.69) is 15.3 Å². The van der Waals surface area contributed by atoms with E-state index in [1.165, 1.54) is 27.3 Å². The lowest BCUT2D eigenvalue weighted by Gasteiger charge is -2.32. The zero-order chi connectivity index (χ0) is 21.0. The van der Waals surface area contributed by atoms with E-state index in [-0.39, 0.29) is 22.5 Å². The van der Waals surface area contributed by atoms with Crippen LogP contribution in [0.15, 0.2) is 41.7 Å². The summed E-state index contributed by atoms with van der Waals surface area (Å²) in [7, 11) is 0.589. The average Bonchev–Trinajstić information content (AvgIpc) is 2.74. The van der Waals surface area contributed by atoms with E-state index in [1.807, 2.05) is 4.90 Å². The number of carbonyl (C=O) groups excluding carboxylic acids is 1. The summed E-state index contributed by atoms with van der Waals surface area (Å²) in [6, 6.07) is 4.60. The SMILES string of the molecule is COc1ccc(NC(=O)C2CCCN(c3cnccn3)C2)cc1S(=O)(=O)N(C)C. The van der Waals surface area contributed by atoms with Crippen molar-refractivity contribution in [3.05, 3.63) is 36.8 Å². The van der Waals surface area contributed by atoms with Crippen molar-refractivity contribution in [2.45, 2.75) is 17.7 Å². The summed E-state index contributed by atoms with van der Waals surface area (Å²) in [5, 5.41) is 2.85. The molecule has 1 aromatic carbocycles. The number of methoxy groups -OCH3 is 1. The molecule has 0 saturated carbocycles. The average molecular weight is 420 g/mol. The second kappa shape index (κ2) is 8.75. The number of amides is 1. The van der Waals surface area contributed by atoms with Crippen LogP contribution in [-0.4, -0.2) is 62.9 Å². The van der Waals surface area contributed by atoms with Gasteiger partial charge in [0.25, 0.3) is 0 Å². The van der Waals surface area contributed by atoms with Crippen LogP contribution in [-0.2, 0) is 14.8 Å². The lowest BCUT2D eigenvalue weighted by Crippen LogP contribution is -2.41. The number of nitrogens with one attached hydrogen (secondary N) is 1. The van der Waals surface area contributed by atoms with Crippen molar-refractivity contribution in [1.29, 1.82) is 0 Å². The van der Waals surface area contributed by atoms with Crippen molar-refractivity contribution in [1.82, 2.24) is 14.3 Å². The fraction of sp³-hybridized carbons (Fsp3) is 0.421. The zero-order valence-electron chi connectivity index (χ0n) is 16.7. The fourth-order valence-corrected chi connectivity index (χ4v) is 4.33. The number of aromatic nitrogens is 2. The van der Waals surface area contributed by atoms with Crippen LogP contribution >= 0.6 is 0 Å². The molecule has 0 spiro atoms. The molecule has 1 atom stereocenters.